The Morgan fingerprint density at radius 2 is 2.27 bits per heavy atom. The number of aliphatic carboxylic acids is 1. The lowest BCUT2D eigenvalue weighted by Crippen LogP contribution is -2.32. The van der Waals surface area contributed by atoms with E-state index >= 15 is 0 Å². The molecule has 82 valence electrons. The third kappa shape index (κ3) is 3.53. The van der Waals surface area contributed by atoms with Gasteiger partial charge < -0.3 is 10.4 Å². The van der Waals surface area contributed by atoms with Gasteiger partial charge >= 0.3 is 5.97 Å². The highest BCUT2D eigenvalue weighted by Gasteiger charge is 2.17. The zero-order valence-corrected chi connectivity index (χ0v) is 9.56. The van der Waals surface area contributed by atoms with E-state index in [2.05, 4.69) is 5.32 Å². The van der Waals surface area contributed by atoms with Gasteiger partial charge in [0.15, 0.2) is 0 Å². The van der Waals surface area contributed by atoms with Crippen LogP contribution in [0.1, 0.15) is 17.7 Å². The minimum atomic E-state index is -1.06. The number of carbonyl (C=O) groups is 2. The van der Waals surface area contributed by atoms with Crippen molar-refractivity contribution in [2.45, 2.75) is 12.8 Å². The van der Waals surface area contributed by atoms with Crippen molar-refractivity contribution in [1.29, 1.82) is 0 Å². The van der Waals surface area contributed by atoms with Crippen molar-refractivity contribution in [3.05, 3.63) is 21.3 Å². The van der Waals surface area contributed by atoms with Crippen molar-refractivity contribution in [2.75, 3.05) is 6.54 Å². The van der Waals surface area contributed by atoms with E-state index in [1.807, 2.05) is 0 Å². The van der Waals surface area contributed by atoms with Crippen LogP contribution in [0, 0.1) is 0 Å². The van der Waals surface area contributed by atoms with Crippen LogP contribution in [0.25, 0.3) is 0 Å². The Morgan fingerprint density at radius 1 is 1.60 bits per heavy atom. The number of carboxylic acids is 1. The summed E-state index contributed by atoms with van der Waals surface area (Å²) in [4.78, 5) is 22.5. The zero-order valence-electron chi connectivity index (χ0n) is 7.99. The highest BCUT2D eigenvalue weighted by Crippen LogP contribution is 2.27. The summed E-state index contributed by atoms with van der Waals surface area (Å²) in [7, 11) is 0. The molecule has 0 aromatic carbocycles. The molecule has 1 rings (SSSR count). The second-order valence-electron chi connectivity index (χ2n) is 2.98. The molecule has 0 saturated heterocycles. The molecule has 1 amide bonds. The third-order valence-corrected chi connectivity index (χ3v) is 3.24. The number of hydrogen-bond acceptors (Lipinski definition) is 3. The second-order valence-corrected chi connectivity index (χ2v) is 4.72. The maximum Gasteiger partial charge on any atom is 0.322 e. The smallest absolute Gasteiger partial charge is 0.322 e. The molecular weight excluding hydrogens is 238 g/mol. The van der Waals surface area contributed by atoms with Gasteiger partial charge in [0.25, 0.3) is 0 Å². The number of halogens is 1. The Bertz CT molecular complexity index is 377. The maximum absolute atomic E-state index is 11.4. The lowest BCUT2D eigenvalue weighted by atomic mass is 10.1. The van der Waals surface area contributed by atoms with Crippen LogP contribution in [0.5, 0.6) is 0 Å². The molecule has 0 saturated carbocycles. The van der Waals surface area contributed by atoms with Gasteiger partial charge in [-0.3, -0.25) is 9.59 Å². The van der Waals surface area contributed by atoms with Gasteiger partial charge in [0.1, 0.15) is 6.54 Å². The molecule has 0 aliphatic heterocycles. The van der Waals surface area contributed by atoms with E-state index in [-0.39, 0.29) is 18.4 Å². The Morgan fingerprint density at radius 3 is 2.73 bits per heavy atom. The van der Waals surface area contributed by atoms with Crippen LogP contribution in [0.4, 0.5) is 0 Å². The molecule has 1 heterocycles. The van der Waals surface area contributed by atoms with Crippen molar-refractivity contribution < 1.29 is 14.7 Å². The first-order valence-corrected chi connectivity index (χ1v) is 5.45. The molecule has 0 aliphatic carbocycles. The van der Waals surface area contributed by atoms with Crippen LogP contribution >= 0.6 is 22.9 Å². The van der Waals surface area contributed by atoms with Crippen molar-refractivity contribution in [3.8, 4) is 0 Å². The molecule has 4 nitrogen and oxygen atoms in total. The van der Waals surface area contributed by atoms with E-state index in [9.17, 15) is 9.59 Å². The number of carbonyl (C=O) groups excluding carboxylic acids is 1. The van der Waals surface area contributed by atoms with E-state index in [1.165, 1.54) is 11.3 Å². The molecule has 1 atom stereocenters. The minimum absolute atomic E-state index is 0.309. The Hall–Kier alpha value is -1.07. The molecule has 1 unspecified atom stereocenters. The van der Waals surface area contributed by atoms with Crippen LogP contribution in [-0.4, -0.2) is 23.5 Å². The van der Waals surface area contributed by atoms with Gasteiger partial charge in [-0.15, -0.1) is 11.3 Å². The van der Waals surface area contributed by atoms with E-state index in [1.54, 1.807) is 19.1 Å². The minimum Gasteiger partial charge on any atom is -0.480 e. The van der Waals surface area contributed by atoms with Crippen LogP contribution in [0.15, 0.2) is 12.1 Å². The fraction of sp³-hybridized carbons (Fsp3) is 0.333. The molecular formula is C9H10ClNO3S. The normalized spacial score (nSPS) is 12.1. The third-order valence-electron chi connectivity index (χ3n) is 1.83. The Balaban J connectivity index is 2.56. The lowest BCUT2D eigenvalue weighted by Gasteiger charge is -2.08. The maximum atomic E-state index is 11.4. The van der Waals surface area contributed by atoms with Crippen LogP contribution in [-0.2, 0) is 9.59 Å². The number of nitrogens with one attached hydrogen (secondary N) is 1. The molecule has 2 N–H and O–H groups in total. The van der Waals surface area contributed by atoms with E-state index < -0.39 is 5.97 Å². The first-order valence-electron chi connectivity index (χ1n) is 4.25. The fourth-order valence-electron chi connectivity index (χ4n) is 1.01. The number of carboxylic acid groups (broad SMARTS) is 1. The predicted molar refractivity (Wildman–Crippen MR) is 58.4 cm³/mol. The SMILES string of the molecule is CC(C(=O)NCC(=O)O)c1ccc(Cl)s1. The average molecular weight is 248 g/mol. The van der Waals surface area contributed by atoms with Gasteiger partial charge in [-0.1, -0.05) is 11.6 Å². The van der Waals surface area contributed by atoms with E-state index in [0.29, 0.717) is 4.34 Å². The summed E-state index contributed by atoms with van der Waals surface area (Å²) in [6.45, 7) is 1.35. The van der Waals surface area contributed by atoms with Crippen molar-refractivity contribution in [2.24, 2.45) is 0 Å². The largest absolute Gasteiger partial charge is 0.480 e. The van der Waals surface area contributed by atoms with E-state index in [0.717, 1.165) is 4.88 Å². The second kappa shape index (κ2) is 5.14. The first-order chi connectivity index (χ1) is 7.00. The topological polar surface area (TPSA) is 66.4 Å². The van der Waals surface area contributed by atoms with Crippen LogP contribution < -0.4 is 5.32 Å². The van der Waals surface area contributed by atoms with Gasteiger partial charge in [0.2, 0.25) is 5.91 Å². The zero-order chi connectivity index (χ0) is 11.4. The molecule has 6 heteroatoms. The fourth-order valence-corrected chi connectivity index (χ4v) is 2.12. The summed E-state index contributed by atoms with van der Waals surface area (Å²) >= 11 is 7.04. The van der Waals surface area contributed by atoms with Gasteiger partial charge in [0.05, 0.1) is 10.3 Å². The van der Waals surface area contributed by atoms with Crippen LogP contribution in [0.2, 0.25) is 4.34 Å². The van der Waals surface area contributed by atoms with Crippen molar-refractivity contribution in [1.82, 2.24) is 5.32 Å². The summed E-state index contributed by atoms with van der Waals surface area (Å²) in [6.07, 6.45) is 0. The molecule has 1 aromatic rings. The molecule has 0 bridgehead atoms. The van der Waals surface area contributed by atoms with Crippen molar-refractivity contribution >= 4 is 34.8 Å². The molecule has 1 aromatic heterocycles. The van der Waals surface area contributed by atoms with Gasteiger partial charge in [-0.25, -0.2) is 0 Å². The Kier molecular flexibility index (Phi) is 4.11. The van der Waals surface area contributed by atoms with Crippen molar-refractivity contribution in [3.63, 3.8) is 0 Å². The number of thiophene rings is 1. The quantitative estimate of drug-likeness (QED) is 0.851. The monoisotopic (exact) mass is 247 g/mol. The predicted octanol–water partition coefficient (Wildman–Crippen LogP) is 1.71. The Labute approximate surface area is 95.9 Å². The molecule has 0 fully saturated rings. The number of hydrogen-bond donors (Lipinski definition) is 2. The van der Waals surface area contributed by atoms with Crippen LogP contribution in [0.3, 0.4) is 0 Å². The highest BCUT2D eigenvalue weighted by molar-refractivity contribution is 7.16. The van der Waals surface area contributed by atoms with Gasteiger partial charge in [-0.2, -0.15) is 0 Å². The standard InChI is InChI=1S/C9H10ClNO3S/c1-5(6-2-3-7(10)15-6)9(14)11-4-8(12)13/h2-3,5H,4H2,1H3,(H,11,14)(H,12,13). The summed E-state index contributed by atoms with van der Waals surface area (Å²) in [6, 6.07) is 3.47. The summed E-state index contributed by atoms with van der Waals surface area (Å²) < 4.78 is 0.614. The average Bonchev–Trinajstić information content (AvgIpc) is 2.60. The molecule has 15 heavy (non-hydrogen) atoms. The first kappa shape index (κ1) is 12.0. The highest BCUT2D eigenvalue weighted by atomic mass is 35.5. The summed E-state index contributed by atoms with van der Waals surface area (Å²) in [5.41, 5.74) is 0. The molecule has 0 radical (unpaired) electrons. The van der Waals surface area contributed by atoms with Gasteiger partial charge in [0, 0.05) is 4.88 Å². The molecule has 0 aliphatic rings. The number of rotatable bonds is 4. The molecule has 0 spiro atoms. The summed E-state index contributed by atoms with van der Waals surface area (Å²) in [5, 5.41) is 10.7. The van der Waals surface area contributed by atoms with Gasteiger partial charge in [-0.05, 0) is 19.1 Å². The summed E-state index contributed by atoms with van der Waals surface area (Å²) in [5.74, 6) is -1.74. The lowest BCUT2D eigenvalue weighted by molar-refractivity contribution is -0.138. The van der Waals surface area contributed by atoms with E-state index in [4.69, 9.17) is 16.7 Å². The number of amides is 1.